The van der Waals surface area contributed by atoms with Gasteiger partial charge < -0.3 is 20.3 Å². The largest absolute Gasteiger partial charge is 0.358 e. The number of nitrogens with zero attached hydrogens (tertiary/aromatic N) is 1. The number of hydrogen-bond acceptors (Lipinski definition) is 1. The summed E-state index contributed by atoms with van der Waals surface area (Å²) in [6.07, 6.45) is 20.2. The molecular weight excluding hydrogens is 459 g/mol. The Kier molecular flexibility index (Phi) is 18.9. The molecule has 0 amide bonds. The second kappa shape index (κ2) is 17.0. The van der Waals surface area contributed by atoms with Crippen LogP contribution in [-0.2, 0) is 20.9 Å². The standard InChI is InChI=1S/C10H19.C6H11.C5H11N.CH3.Ta/c1-3-9-6-5-7-10(4-2)8-9;1-2-4-6-5-3-1;1-4-5(2,3)6;;/h5,9-10H,3-4,6-8H2,1-2H3;1H,2-6H2;4H2,1-3H3;1H3;/q2*-1;;-1;. The molecule has 0 aromatic rings. The summed E-state index contributed by atoms with van der Waals surface area (Å²) in [6, 6.07) is 0. The van der Waals surface area contributed by atoms with E-state index in [0.29, 0.717) is 0 Å². The van der Waals surface area contributed by atoms with Crippen molar-refractivity contribution in [2.75, 3.05) is 0 Å². The van der Waals surface area contributed by atoms with E-state index in [1.165, 1.54) is 64.2 Å². The number of rotatable bonds is 4. The Morgan fingerprint density at radius 1 is 0.917 bits per heavy atom. The Bertz CT molecular complexity index is 250. The van der Waals surface area contributed by atoms with E-state index in [9.17, 15) is 0 Å². The first-order valence-electron chi connectivity index (χ1n) is 9.98. The fourth-order valence-corrected chi connectivity index (χ4v) is 3.38. The summed E-state index contributed by atoms with van der Waals surface area (Å²) in [7, 11) is 0. The molecule has 0 saturated heterocycles. The second-order valence-corrected chi connectivity index (χ2v) is 8.46. The van der Waals surface area contributed by atoms with Crippen LogP contribution in [-0.4, -0.2) is 5.54 Å². The van der Waals surface area contributed by atoms with Gasteiger partial charge in [0.05, 0.1) is 0 Å². The molecule has 1 nitrogen and oxygen atoms in total. The molecule has 0 radical (unpaired) electrons. The fraction of sp³-hybridized carbons (Fsp3) is 0.864. The third kappa shape index (κ3) is 14.8. The fourth-order valence-electron chi connectivity index (χ4n) is 2.87. The van der Waals surface area contributed by atoms with Gasteiger partial charge in [0.15, 0.2) is 0 Å². The summed E-state index contributed by atoms with van der Waals surface area (Å²) in [6.45, 7) is 11.1. The summed E-state index contributed by atoms with van der Waals surface area (Å²) in [4.78, 5) is 0. The zero-order chi connectivity index (χ0) is 17.6. The van der Waals surface area contributed by atoms with E-state index < -0.39 is 0 Å². The van der Waals surface area contributed by atoms with Crippen molar-refractivity contribution in [1.29, 1.82) is 0 Å². The first-order chi connectivity index (χ1) is 11.0. The Morgan fingerprint density at radius 3 is 1.62 bits per heavy atom. The molecule has 2 heteroatoms. The SMILES string of the molecule is CCC(C)(C)[N]=[Ta].CCC1C[CH-]CC(CC)C1.[CH-]1CCCCC1.[CH3-]. The first-order valence-corrected chi connectivity index (χ1v) is 11.4. The zero-order valence-corrected chi connectivity index (χ0v) is 20.7. The van der Waals surface area contributed by atoms with Crippen molar-refractivity contribution in [3.63, 3.8) is 0 Å². The topological polar surface area (TPSA) is 12.4 Å². The van der Waals surface area contributed by atoms with Crippen molar-refractivity contribution < 1.29 is 20.9 Å². The van der Waals surface area contributed by atoms with Gasteiger partial charge in [-0.2, -0.15) is 25.7 Å². The Hall–Kier alpha value is 0.540. The van der Waals surface area contributed by atoms with Crippen molar-refractivity contribution >= 4 is 0 Å². The molecule has 2 saturated carbocycles. The average Bonchev–Trinajstić information content (AvgIpc) is 2.64. The van der Waals surface area contributed by atoms with Crippen molar-refractivity contribution in [2.45, 2.75) is 111 Å². The minimum absolute atomic E-state index is 0. The number of hydrogen-bond donors (Lipinski definition) is 0. The summed E-state index contributed by atoms with van der Waals surface area (Å²) in [5.41, 5.74) is 0.258. The average molecular weight is 504 g/mol. The van der Waals surface area contributed by atoms with Crippen LogP contribution in [0.4, 0.5) is 0 Å². The monoisotopic (exact) mass is 503 g/mol. The molecule has 2 atom stereocenters. The van der Waals surface area contributed by atoms with Gasteiger partial charge >= 0.3 is 57.0 Å². The molecule has 2 aliphatic rings. The minimum Gasteiger partial charge on any atom is -0.358 e. The molecule has 24 heavy (non-hydrogen) atoms. The van der Waals surface area contributed by atoms with Crippen LogP contribution in [0.15, 0.2) is 3.34 Å². The van der Waals surface area contributed by atoms with Gasteiger partial charge in [-0.15, -0.1) is 0 Å². The van der Waals surface area contributed by atoms with Gasteiger partial charge in [-0.1, -0.05) is 64.2 Å². The molecule has 2 aliphatic carbocycles. The van der Waals surface area contributed by atoms with E-state index in [0.717, 1.165) is 39.1 Å². The smallest absolute Gasteiger partial charge is 0.0525 e. The normalized spacial score (nSPS) is 23.5. The molecule has 2 rings (SSSR count). The molecule has 0 heterocycles. The summed E-state index contributed by atoms with van der Waals surface area (Å²) >= 11 is 1.16. The summed E-state index contributed by atoms with van der Waals surface area (Å²) in [5.74, 6) is 2.03. The Labute approximate surface area is 166 Å². The van der Waals surface area contributed by atoms with Crippen molar-refractivity contribution in [1.82, 2.24) is 0 Å². The first kappa shape index (κ1) is 26.8. The van der Waals surface area contributed by atoms with Crippen LogP contribution in [0.2, 0.25) is 0 Å². The summed E-state index contributed by atoms with van der Waals surface area (Å²) in [5, 5.41) is 0. The van der Waals surface area contributed by atoms with Crippen LogP contribution in [0.3, 0.4) is 0 Å². The van der Waals surface area contributed by atoms with Crippen LogP contribution in [0.1, 0.15) is 105 Å². The minimum atomic E-state index is 0. The predicted octanol–water partition coefficient (Wildman–Crippen LogP) is 7.94. The third-order valence-corrected chi connectivity index (χ3v) is 7.22. The maximum absolute atomic E-state index is 4.25. The van der Waals surface area contributed by atoms with E-state index >= 15 is 0 Å². The van der Waals surface area contributed by atoms with Gasteiger partial charge in [-0.3, -0.25) is 0 Å². The van der Waals surface area contributed by atoms with Crippen LogP contribution in [0, 0.1) is 32.1 Å². The molecule has 0 N–H and O–H groups in total. The maximum Gasteiger partial charge on any atom is -0.0525 e. The van der Waals surface area contributed by atoms with Gasteiger partial charge in [0, 0.05) is 0 Å². The van der Waals surface area contributed by atoms with Crippen LogP contribution < -0.4 is 0 Å². The van der Waals surface area contributed by atoms with Crippen LogP contribution in [0.25, 0.3) is 0 Å². The third-order valence-electron chi connectivity index (χ3n) is 5.27. The van der Waals surface area contributed by atoms with Crippen molar-refractivity contribution in [3.8, 4) is 0 Å². The zero-order valence-electron chi connectivity index (χ0n) is 17.5. The van der Waals surface area contributed by atoms with E-state index in [-0.39, 0.29) is 13.0 Å². The Morgan fingerprint density at radius 2 is 1.42 bits per heavy atom. The molecule has 2 fully saturated rings. The molecule has 0 aliphatic heterocycles. The molecule has 0 aromatic heterocycles. The van der Waals surface area contributed by atoms with Crippen LogP contribution in [0.5, 0.6) is 0 Å². The quantitative estimate of drug-likeness (QED) is 0.346. The molecule has 0 spiro atoms. The molecule has 0 bridgehead atoms. The van der Waals surface area contributed by atoms with Gasteiger partial charge in [0.2, 0.25) is 0 Å². The van der Waals surface area contributed by atoms with Crippen LogP contribution >= 0.6 is 0 Å². The molecule has 2 unspecified atom stereocenters. The molecule has 145 valence electrons. The van der Waals surface area contributed by atoms with Gasteiger partial charge in [0.1, 0.15) is 0 Å². The van der Waals surface area contributed by atoms with Gasteiger partial charge in [-0.05, 0) is 0 Å². The van der Waals surface area contributed by atoms with Gasteiger partial charge in [0.25, 0.3) is 0 Å². The van der Waals surface area contributed by atoms with Crippen molar-refractivity contribution in [2.24, 2.45) is 15.2 Å². The van der Waals surface area contributed by atoms with E-state index in [4.69, 9.17) is 0 Å². The Balaban J connectivity index is 0. The molecule has 0 aromatic carbocycles. The van der Waals surface area contributed by atoms with Gasteiger partial charge in [-0.25, -0.2) is 0 Å². The maximum atomic E-state index is 4.25. The van der Waals surface area contributed by atoms with E-state index in [1.54, 1.807) is 0 Å². The summed E-state index contributed by atoms with van der Waals surface area (Å²) < 4.78 is 4.25. The van der Waals surface area contributed by atoms with E-state index in [1.807, 2.05) is 0 Å². The van der Waals surface area contributed by atoms with E-state index in [2.05, 4.69) is 50.8 Å². The van der Waals surface area contributed by atoms with Crippen molar-refractivity contribution in [3.05, 3.63) is 20.3 Å². The second-order valence-electron chi connectivity index (χ2n) is 7.74. The molecular formula is C22H44NTa-3. The predicted molar refractivity (Wildman–Crippen MR) is 106 cm³/mol.